The summed E-state index contributed by atoms with van der Waals surface area (Å²) in [7, 11) is 1.85. The molecule has 0 bridgehead atoms. The van der Waals surface area contributed by atoms with Gasteiger partial charge in [-0.3, -0.25) is 9.89 Å². The van der Waals surface area contributed by atoms with Crippen molar-refractivity contribution >= 4 is 29.9 Å². The second kappa shape index (κ2) is 10.9. The van der Waals surface area contributed by atoms with E-state index in [9.17, 15) is 0 Å². The minimum Gasteiger partial charge on any atom is -0.377 e. The summed E-state index contributed by atoms with van der Waals surface area (Å²) in [6.45, 7) is 14.1. The van der Waals surface area contributed by atoms with E-state index in [1.54, 1.807) is 0 Å². The van der Waals surface area contributed by atoms with Gasteiger partial charge in [0, 0.05) is 45.2 Å². The molecule has 0 amide bonds. The summed E-state index contributed by atoms with van der Waals surface area (Å²) in [6, 6.07) is 0.832. The maximum absolute atomic E-state index is 6.07. The summed E-state index contributed by atoms with van der Waals surface area (Å²) in [4.78, 5) is 6.94. The lowest BCUT2D eigenvalue weighted by molar-refractivity contribution is -0.0835. The van der Waals surface area contributed by atoms with Crippen LogP contribution in [0, 0.1) is 11.3 Å². The Morgan fingerprint density at radius 2 is 1.92 bits per heavy atom. The molecule has 0 aromatic heterocycles. The molecule has 1 aliphatic heterocycles. The van der Waals surface area contributed by atoms with Crippen LogP contribution in [-0.2, 0) is 4.74 Å². The molecule has 25 heavy (non-hydrogen) atoms. The summed E-state index contributed by atoms with van der Waals surface area (Å²) in [6.07, 6.45) is 5.46. The highest BCUT2D eigenvalue weighted by Crippen LogP contribution is 2.33. The van der Waals surface area contributed by atoms with E-state index in [0.29, 0.717) is 12.0 Å². The van der Waals surface area contributed by atoms with E-state index in [-0.39, 0.29) is 29.4 Å². The number of nitrogens with zero attached hydrogens (tertiary/aromatic N) is 2. The number of nitrogens with one attached hydrogen (secondary N) is 2. The van der Waals surface area contributed by atoms with Crippen LogP contribution >= 0.6 is 24.0 Å². The summed E-state index contributed by atoms with van der Waals surface area (Å²) in [5.74, 6) is 1.47. The Labute approximate surface area is 171 Å². The number of rotatable bonds is 7. The van der Waals surface area contributed by atoms with Gasteiger partial charge >= 0.3 is 0 Å². The molecule has 1 heterocycles. The number of aliphatic imine (C=N–C) groups is 1. The molecular formula is C19H39IN4O. The topological polar surface area (TPSA) is 48.9 Å². The fraction of sp³-hybridized carbons (Fsp3) is 0.947. The van der Waals surface area contributed by atoms with E-state index in [2.05, 4.69) is 48.2 Å². The molecule has 5 nitrogen and oxygen atoms in total. The zero-order chi connectivity index (χ0) is 17.6. The first-order valence-corrected chi connectivity index (χ1v) is 9.76. The molecule has 2 N–H and O–H groups in total. The maximum Gasteiger partial charge on any atom is 0.191 e. The van der Waals surface area contributed by atoms with Crippen LogP contribution in [-0.4, -0.2) is 62.8 Å². The first-order valence-electron chi connectivity index (χ1n) is 9.76. The van der Waals surface area contributed by atoms with Crippen molar-refractivity contribution in [1.29, 1.82) is 0 Å². The van der Waals surface area contributed by atoms with Crippen molar-refractivity contribution in [1.82, 2.24) is 15.5 Å². The third kappa shape index (κ3) is 7.59. The Bertz CT molecular complexity index is 407. The van der Waals surface area contributed by atoms with Crippen molar-refractivity contribution in [2.75, 3.05) is 39.8 Å². The van der Waals surface area contributed by atoms with Gasteiger partial charge in [0.2, 0.25) is 0 Å². The highest BCUT2D eigenvalue weighted by Gasteiger charge is 2.35. The van der Waals surface area contributed by atoms with Gasteiger partial charge in [0.1, 0.15) is 0 Å². The van der Waals surface area contributed by atoms with E-state index < -0.39 is 0 Å². The average molecular weight is 466 g/mol. The number of guanidine groups is 1. The van der Waals surface area contributed by atoms with Gasteiger partial charge in [0.25, 0.3) is 0 Å². The van der Waals surface area contributed by atoms with Crippen molar-refractivity contribution < 1.29 is 4.74 Å². The minimum absolute atomic E-state index is 0. The van der Waals surface area contributed by atoms with Gasteiger partial charge in [0.15, 0.2) is 5.96 Å². The van der Waals surface area contributed by atoms with Crippen LogP contribution in [0.25, 0.3) is 0 Å². The molecule has 0 aromatic carbocycles. The fourth-order valence-corrected chi connectivity index (χ4v) is 3.81. The van der Waals surface area contributed by atoms with Crippen LogP contribution in [0.2, 0.25) is 0 Å². The van der Waals surface area contributed by atoms with Crippen LogP contribution in [0.1, 0.15) is 53.4 Å². The molecule has 0 aromatic rings. The fourth-order valence-electron chi connectivity index (χ4n) is 3.81. The predicted octanol–water partition coefficient (Wildman–Crippen LogP) is 3.10. The summed E-state index contributed by atoms with van der Waals surface area (Å²) in [5.41, 5.74) is 0.190. The van der Waals surface area contributed by atoms with Gasteiger partial charge in [-0.15, -0.1) is 24.0 Å². The Kier molecular flexibility index (Phi) is 10.0. The first kappa shape index (κ1) is 23.0. The number of halogens is 1. The zero-order valence-electron chi connectivity index (χ0n) is 16.8. The molecule has 148 valence electrons. The predicted molar refractivity (Wildman–Crippen MR) is 117 cm³/mol. The third-order valence-corrected chi connectivity index (χ3v) is 5.21. The third-order valence-electron chi connectivity index (χ3n) is 5.21. The van der Waals surface area contributed by atoms with E-state index >= 15 is 0 Å². The first-order chi connectivity index (χ1) is 11.5. The Hall–Kier alpha value is -0.0800. The molecular weight excluding hydrogens is 427 g/mol. The Balaban J connectivity index is 0.00000312. The SMILES string of the molecule is CCN(CCNC(=NC)NCC1CCCOC1C(C)(C)C)C1CC1.I. The molecule has 6 heteroatoms. The van der Waals surface area contributed by atoms with E-state index in [1.165, 1.54) is 19.3 Å². The van der Waals surface area contributed by atoms with Crippen molar-refractivity contribution in [2.45, 2.75) is 65.5 Å². The van der Waals surface area contributed by atoms with E-state index in [1.807, 2.05) is 7.05 Å². The molecule has 1 aliphatic carbocycles. The molecule has 2 rings (SSSR count). The normalized spacial score (nSPS) is 24.8. The molecule has 1 saturated heterocycles. The number of hydrogen-bond donors (Lipinski definition) is 2. The highest BCUT2D eigenvalue weighted by atomic mass is 127. The highest BCUT2D eigenvalue weighted by molar-refractivity contribution is 14.0. The summed E-state index contributed by atoms with van der Waals surface area (Å²) >= 11 is 0. The number of hydrogen-bond acceptors (Lipinski definition) is 3. The van der Waals surface area contributed by atoms with Gasteiger partial charge in [-0.25, -0.2) is 0 Å². The van der Waals surface area contributed by atoms with Crippen LogP contribution in [0.3, 0.4) is 0 Å². The monoisotopic (exact) mass is 466 g/mol. The molecule has 0 spiro atoms. The largest absolute Gasteiger partial charge is 0.377 e. The Morgan fingerprint density at radius 1 is 1.20 bits per heavy atom. The number of likely N-dealkylation sites (N-methyl/N-ethyl adjacent to an activating group) is 1. The van der Waals surface area contributed by atoms with Gasteiger partial charge in [-0.2, -0.15) is 0 Å². The second-order valence-electron chi connectivity index (χ2n) is 8.30. The van der Waals surface area contributed by atoms with Crippen LogP contribution in [0.15, 0.2) is 4.99 Å². The van der Waals surface area contributed by atoms with Gasteiger partial charge in [0.05, 0.1) is 6.10 Å². The van der Waals surface area contributed by atoms with Crippen molar-refractivity contribution in [2.24, 2.45) is 16.3 Å². The number of ether oxygens (including phenoxy) is 1. The lowest BCUT2D eigenvalue weighted by atomic mass is 9.78. The lowest BCUT2D eigenvalue weighted by Crippen LogP contribution is -2.48. The van der Waals surface area contributed by atoms with Crippen molar-refractivity contribution in [3.05, 3.63) is 0 Å². The van der Waals surface area contributed by atoms with E-state index in [4.69, 9.17) is 4.74 Å². The van der Waals surface area contributed by atoms with Gasteiger partial charge in [-0.05, 0) is 37.6 Å². The van der Waals surface area contributed by atoms with Crippen LogP contribution < -0.4 is 10.6 Å². The minimum atomic E-state index is 0. The van der Waals surface area contributed by atoms with E-state index in [0.717, 1.165) is 51.2 Å². The molecule has 2 aliphatic rings. The van der Waals surface area contributed by atoms with Crippen molar-refractivity contribution in [3.63, 3.8) is 0 Å². The smallest absolute Gasteiger partial charge is 0.191 e. The molecule has 2 atom stereocenters. The second-order valence-corrected chi connectivity index (χ2v) is 8.30. The van der Waals surface area contributed by atoms with Crippen molar-refractivity contribution in [3.8, 4) is 0 Å². The average Bonchev–Trinajstić information content (AvgIpc) is 3.38. The lowest BCUT2D eigenvalue weighted by Gasteiger charge is -2.40. The quantitative estimate of drug-likeness (QED) is 0.344. The summed E-state index contributed by atoms with van der Waals surface area (Å²) < 4.78 is 6.07. The Morgan fingerprint density at radius 3 is 2.48 bits per heavy atom. The summed E-state index contributed by atoms with van der Waals surface area (Å²) in [5, 5.41) is 6.98. The molecule has 2 unspecified atom stereocenters. The molecule has 1 saturated carbocycles. The van der Waals surface area contributed by atoms with Gasteiger partial charge < -0.3 is 15.4 Å². The van der Waals surface area contributed by atoms with Gasteiger partial charge in [-0.1, -0.05) is 27.7 Å². The molecule has 0 radical (unpaired) electrons. The maximum atomic E-state index is 6.07. The zero-order valence-corrected chi connectivity index (χ0v) is 19.1. The molecule has 2 fully saturated rings. The standard InChI is InChI=1S/C19H38N4O.HI/c1-6-23(16-9-10-16)12-11-21-18(20-5)22-14-15-8-7-13-24-17(15)19(2,3)4;/h15-17H,6-14H2,1-5H3,(H2,20,21,22);1H. The van der Waals surface area contributed by atoms with Crippen LogP contribution in [0.4, 0.5) is 0 Å². The van der Waals surface area contributed by atoms with Crippen LogP contribution in [0.5, 0.6) is 0 Å².